The van der Waals surface area contributed by atoms with E-state index in [2.05, 4.69) is 29.4 Å². The number of amides is 1. The second-order valence-corrected chi connectivity index (χ2v) is 11.8. The number of thiazole rings is 1. The molecule has 2 aromatic rings. The van der Waals surface area contributed by atoms with Crippen molar-refractivity contribution in [2.75, 3.05) is 11.1 Å². The van der Waals surface area contributed by atoms with Crippen LogP contribution in [0, 0.1) is 17.8 Å². The number of benzene rings is 1. The van der Waals surface area contributed by atoms with Crippen LogP contribution in [-0.4, -0.2) is 27.7 Å². The predicted molar refractivity (Wildman–Crippen MR) is 137 cm³/mol. The summed E-state index contributed by atoms with van der Waals surface area (Å²) >= 11 is 8.55. The highest BCUT2D eigenvalue weighted by molar-refractivity contribution is 8.01. The Morgan fingerprint density at radius 1 is 1.21 bits per heavy atom. The normalized spacial score (nSPS) is 19.2. The highest BCUT2D eigenvalue weighted by Crippen LogP contribution is 2.37. The zero-order valence-electron chi connectivity index (χ0n) is 19.1. The molecule has 1 aliphatic rings. The highest BCUT2D eigenvalue weighted by Gasteiger charge is 2.26. The topological polar surface area (TPSA) is 79.3 Å². The van der Waals surface area contributed by atoms with Crippen molar-refractivity contribution < 1.29 is 14.7 Å². The van der Waals surface area contributed by atoms with Crippen LogP contribution in [0.15, 0.2) is 34.7 Å². The molecule has 0 saturated heterocycles. The average molecular weight is 509 g/mol. The van der Waals surface area contributed by atoms with Crippen molar-refractivity contribution in [2.24, 2.45) is 17.8 Å². The van der Waals surface area contributed by atoms with Crippen LogP contribution < -0.4 is 5.32 Å². The maximum absolute atomic E-state index is 12.6. The lowest BCUT2D eigenvalue weighted by Crippen LogP contribution is -2.23. The predicted octanol–water partition coefficient (Wildman–Crippen LogP) is 7.16. The number of carbonyl (C=O) groups is 2. The summed E-state index contributed by atoms with van der Waals surface area (Å²) in [5, 5.41) is 13.0. The minimum atomic E-state index is -0.863. The molecule has 33 heavy (non-hydrogen) atoms. The molecule has 0 bridgehead atoms. The SMILES string of the molecule is CC1CCC([C@H](CCCc2ccc(Cl)cc2)CCC(=O)Nc2ncc(SCC(=O)O)s2)CC1. The summed E-state index contributed by atoms with van der Waals surface area (Å²) in [7, 11) is 0. The number of thioether (sulfide) groups is 1. The van der Waals surface area contributed by atoms with Gasteiger partial charge < -0.3 is 10.4 Å². The summed E-state index contributed by atoms with van der Waals surface area (Å²) < 4.78 is 0.795. The van der Waals surface area contributed by atoms with Crippen molar-refractivity contribution in [3.63, 3.8) is 0 Å². The molecule has 180 valence electrons. The number of aryl methyl sites for hydroxylation is 1. The van der Waals surface area contributed by atoms with Crippen LogP contribution in [0.5, 0.6) is 0 Å². The molecule has 0 aliphatic heterocycles. The molecule has 1 amide bonds. The van der Waals surface area contributed by atoms with E-state index in [0.29, 0.717) is 23.4 Å². The Morgan fingerprint density at radius 2 is 1.94 bits per heavy atom. The Morgan fingerprint density at radius 3 is 2.64 bits per heavy atom. The van der Waals surface area contributed by atoms with Gasteiger partial charge in [-0.1, -0.05) is 54.8 Å². The summed E-state index contributed by atoms with van der Waals surface area (Å²) in [6, 6.07) is 8.10. The molecule has 0 unspecified atom stereocenters. The summed E-state index contributed by atoms with van der Waals surface area (Å²) in [6.07, 6.45) is 11.4. The van der Waals surface area contributed by atoms with E-state index >= 15 is 0 Å². The third-order valence-electron chi connectivity index (χ3n) is 6.49. The minimum Gasteiger partial charge on any atom is -0.481 e. The molecule has 1 atom stereocenters. The number of nitrogens with one attached hydrogen (secondary N) is 1. The van der Waals surface area contributed by atoms with Crippen molar-refractivity contribution in [2.45, 2.75) is 68.9 Å². The number of carboxylic acids is 1. The van der Waals surface area contributed by atoms with Gasteiger partial charge in [-0.05, 0) is 74.0 Å². The van der Waals surface area contributed by atoms with E-state index in [-0.39, 0.29) is 11.7 Å². The smallest absolute Gasteiger partial charge is 0.313 e. The van der Waals surface area contributed by atoms with E-state index in [4.69, 9.17) is 16.7 Å². The maximum atomic E-state index is 12.6. The second kappa shape index (κ2) is 13.4. The summed E-state index contributed by atoms with van der Waals surface area (Å²) in [5.41, 5.74) is 1.31. The quantitative estimate of drug-likeness (QED) is 0.297. The molecule has 1 aliphatic carbocycles. The fraction of sp³-hybridized carbons (Fsp3) is 0.560. The van der Waals surface area contributed by atoms with Gasteiger partial charge in [0.2, 0.25) is 5.91 Å². The van der Waals surface area contributed by atoms with E-state index in [1.165, 1.54) is 54.3 Å². The Hall–Kier alpha value is -1.57. The van der Waals surface area contributed by atoms with Crippen LogP contribution in [0.3, 0.4) is 0 Å². The molecular weight excluding hydrogens is 476 g/mol. The maximum Gasteiger partial charge on any atom is 0.313 e. The first-order valence-corrected chi connectivity index (χ1v) is 13.9. The summed E-state index contributed by atoms with van der Waals surface area (Å²) in [4.78, 5) is 27.5. The van der Waals surface area contributed by atoms with Crippen molar-refractivity contribution in [1.82, 2.24) is 4.98 Å². The molecule has 0 radical (unpaired) electrons. The molecule has 1 aromatic carbocycles. The van der Waals surface area contributed by atoms with Gasteiger partial charge in [-0.3, -0.25) is 9.59 Å². The fourth-order valence-corrected chi connectivity index (χ4v) is 6.34. The van der Waals surface area contributed by atoms with Crippen molar-refractivity contribution in [3.05, 3.63) is 41.0 Å². The zero-order chi connectivity index (χ0) is 23.6. The Balaban J connectivity index is 1.49. The third-order valence-corrected chi connectivity index (χ3v) is 8.84. The third kappa shape index (κ3) is 9.30. The van der Waals surface area contributed by atoms with Gasteiger partial charge in [0.25, 0.3) is 0 Å². The number of aromatic nitrogens is 1. The number of hydrogen-bond donors (Lipinski definition) is 2. The van der Waals surface area contributed by atoms with Gasteiger partial charge >= 0.3 is 5.97 Å². The minimum absolute atomic E-state index is 0.00666. The van der Waals surface area contributed by atoms with Gasteiger partial charge in [0.15, 0.2) is 5.13 Å². The first kappa shape index (κ1) is 26.0. The highest BCUT2D eigenvalue weighted by atomic mass is 35.5. The molecule has 1 aromatic heterocycles. The Labute approximate surface area is 209 Å². The van der Waals surface area contributed by atoms with Crippen LogP contribution >= 0.6 is 34.7 Å². The van der Waals surface area contributed by atoms with E-state index in [1.54, 1.807) is 6.20 Å². The molecule has 2 N–H and O–H groups in total. The molecule has 0 spiro atoms. The monoisotopic (exact) mass is 508 g/mol. The van der Waals surface area contributed by atoms with Gasteiger partial charge in [0, 0.05) is 11.4 Å². The average Bonchev–Trinajstić information content (AvgIpc) is 3.24. The number of rotatable bonds is 12. The number of aliphatic carboxylic acids is 1. The Bertz CT molecular complexity index is 895. The van der Waals surface area contributed by atoms with Crippen LogP contribution in [0.2, 0.25) is 5.02 Å². The van der Waals surface area contributed by atoms with Crippen LogP contribution in [0.1, 0.15) is 63.9 Å². The first-order chi connectivity index (χ1) is 15.9. The number of hydrogen-bond acceptors (Lipinski definition) is 5. The largest absolute Gasteiger partial charge is 0.481 e. The van der Waals surface area contributed by atoms with Crippen molar-refractivity contribution in [1.29, 1.82) is 0 Å². The molecule has 1 saturated carbocycles. The lowest BCUT2D eigenvalue weighted by Gasteiger charge is -2.33. The van der Waals surface area contributed by atoms with E-state index in [1.807, 2.05) is 12.1 Å². The molecule has 8 heteroatoms. The molecule has 5 nitrogen and oxygen atoms in total. The summed E-state index contributed by atoms with van der Waals surface area (Å²) in [6.45, 7) is 2.34. The molecule has 1 fully saturated rings. The van der Waals surface area contributed by atoms with Gasteiger partial charge in [-0.2, -0.15) is 0 Å². The van der Waals surface area contributed by atoms with Gasteiger partial charge in [0.1, 0.15) is 0 Å². The fourth-order valence-electron chi connectivity index (χ4n) is 4.61. The van der Waals surface area contributed by atoms with E-state index < -0.39 is 5.97 Å². The first-order valence-electron chi connectivity index (χ1n) is 11.7. The number of carbonyl (C=O) groups excluding carboxylic acids is 1. The van der Waals surface area contributed by atoms with Gasteiger partial charge in [-0.15, -0.1) is 11.8 Å². The molecule has 1 heterocycles. The molecular formula is C25H33ClN2O3S2. The number of carboxylic acid groups (broad SMARTS) is 1. The summed E-state index contributed by atoms with van der Waals surface area (Å²) in [5.74, 6) is 1.21. The van der Waals surface area contributed by atoms with E-state index in [0.717, 1.165) is 40.8 Å². The second-order valence-electron chi connectivity index (χ2n) is 9.05. The van der Waals surface area contributed by atoms with Crippen LogP contribution in [0.25, 0.3) is 0 Å². The lowest BCUT2D eigenvalue weighted by molar-refractivity contribution is -0.133. The number of anilines is 1. The lowest BCUT2D eigenvalue weighted by atomic mass is 9.73. The van der Waals surface area contributed by atoms with Crippen LogP contribution in [-0.2, 0) is 16.0 Å². The van der Waals surface area contributed by atoms with Gasteiger partial charge in [0.05, 0.1) is 16.2 Å². The standard InChI is InChI=1S/C25H33ClN2O3S2/c1-17-5-9-20(10-6-17)19(4-2-3-18-7-12-21(26)13-8-18)11-14-22(29)28-25-27-15-24(33-25)32-16-23(30)31/h7-8,12-13,15,17,19-20H,2-6,9-11,14,16H2,1H3,(H,30,31)(H,27,28,29)/t17?,19-,20?/m1/s1. The molecule has 3 rings (SSSR count). The van der Waals surface area contributed by atoms with Gasteiger partial charge in [-0.25, -0.2) is 4.98 Å². The van der Waals surface area contributed by atoms with Crippen LogP contribution in [0.4, 0.5) is 5.13 Å². The van der Waals surface area contributed by atoms with Crippen molar-refractivity contribution in [3.8, 4) is 0 Å². The van der Waals surface area contributed by atoms with E-state index in [9.17, 15) is 9.59 Å². The zero-order valence-corrected chi connectivity index (χ0v) is 21.5. The number of halogens is 1. The van der Waals surface area contributed by atoms with Crippen molar-refractivity contribution >= 4 is 51.7 Å². The number of nitrogens with zero attached hydrogens (tertiary/aromatic N) is 1. The Kier molecular flexibility index (Phi) is 10.5.